The van der Waals surface area contributed by atoms with Gasteiger partial charge in [-0.25, -0.2) is 0 Å². The largest absolute Gasteiger partial charge is 0.468 e. The number of esters is 1. The fourth-order valence-corrected chi connectivity index (χ4v) is 0.856. The molecule has 1 rings (SSSR count). The van der Waals surface area contributed by atoms with Gasteiger partial charge in [-0.3, -0.25) is 10.1 Å². The molecule has 3 nitrogen and oxygen atoms in total. The highest BCUT2D eigenvalue weighted by atomic mass is 16.5. The molecule has 1 aliphatic heterocycles. The van der Waals surface area contributed by atoms with Gasteiger partial charge in [0.2, 0.25) is 0 Å². The Balaban J connectivity index is 2.53. The van der Waals surface area contributed by atoms with Crippen LogP contribution in [0.5, 0.6) is 0 Å². The summed E-state index contributed by atoms with van der Waals surface area (Å²) < 4.78 is 4.55. The first-order valence-corrected chi connectivity index (χ1v) is 2.97. The summed E-state index contributed by atoms with van der Waals surface area (Å²) in [6, 6.07) is 0.268. The van der Waals surface area contributed by atoms with E-state index in [0.29, 0.717) is 0 Å². The molecule has 1 saturated heterocycles. The van der Waals surface area contributed by atoms with E-state index in [0.717, 1.165) is 0 Å². The van der Waals surface area contributed by atoms with Crippen molar-refractivity contribution in [2.45, 2.75) is 25.4 Å². The molecule has 0 aliphatic carbocycles. The van der Waals surface area contributed by atoms with Gasteiger partial charge in [0.15, 0.2) is 0 Å². The summed E-state index contributed by atoms with van der Waals surface area (Å²) in [5.41, 5.74) is -0.394. The first-order valence-electron chi connectivity index (χ1n) is 2.97. The number of ether oxygens (including phenoxy) is 1. The number of nitrogens with one attached hydrogen (secondary N) is 1. The van der Waals surface area contributed by atoms with Crippen LogP contribution >= 0.6 is 0 Å². The van der Waals surface area contributed by atoms with Gasteiger partial charge in [-0.15, -0.1) is 0 Å². The summed E-state index contributed by atoms with van der Waals surface area (Å²) in [4.78, 5) is 10.8. The van der Waals surface area contributed by atoms with E-state index in [1.54, 1.807) is 0 Å². The smallest absolute Gasteiger partial charge is 0.327 e. The molecule has 2 unspecified atom stereocenters. The van der Waals surface area contributed by atoms with Crippen LogP contribution in [0.15, 0.2) is 0 Å². The Labute approximate surface area is 54.4 Å². The van der Waals surface area contributed by atoms with Crippen molar-refractivity contribution in [2.24, 2.45) is 0 Å². The van der Waals surface area contributed by atoms with Gasteiger partial charge >= 0.3 is 5.97 Å². The molecule has 1 heterocycles. The van der Waals surface area contributed by atoms with Crippen LogP contribution in [0.4, 0.5) is 0 Å². The summed E-state index contributed by atoms with van der Waals surface area (Å²) >= 11 is 0. The van der Waals surface area contributed by atoms with Crippen LogP contribution in [0, 0.1) is 0 Å². The van der Waals surface area contributed by atoms with Crippen LogP contribution in [0.3, 0.4) is 0 Å². The normalized spacial score (nSPS) is 40.1. The molecule has 2 atom stereocenters. The molecule has 0 saturated carbocycles. The van der Waals surface area contributed by atoms with E-state index < -0.39 is 5.54 Å². The van der Waals surface area contributed by atoms with Gasteiger partial charge in [-0.05, 0) is 13.8 Å². The van der Waals surface area contributed by atoms with Crippen LogP contribution in [0.2, 0.25) is 0 Å². The van der Waals surface area contributed by atoms with Crippen molar-refractivity contribution in [3.05, 3.63) is 0 Å². The van der Waals surface area contributed by atoms with E-state index in [4.69, 9.17) is 0 Å². The summed E-state index contributed by atoms with van der Waals surface area (Å²) in [5, 5.41) is 2.98. The summed E-state index contributed by atoms with van der Waals surface area (Å²) in [7, 11) is 1.40. The van der Waals surface area contributed by atoms with Crippen molar-refractivity contribution in [1.29, 1.82) is 0 Å². The third-order valence-corrected chi connectivity index (χ3v) is 1.91. The second-order valence-corrected chi connectivity index (χ2v) is 2.56. The number of carbonyl (C=O) groups excluding carboxylic acids is 1. The van der Waals surface area contributed by atoms with Crippen LogP contribution in [-0.2, 0) is 9.53 Å². The van der Waals surface area contributed by atoms with Crippen LogP contribution in [0.1, 0.15) is 13.8 Å². The second-order valence-electron chi connectivity index (χ2n) is 2.56. The first kappa shape index (κ1) is 6.55. The minimum atomic E-state index is -0.394. The fraction of sp³-hybridized carbons (Fsp3) is 0.833. The lowest BCUT2D eigenvalue weighted by Crippen LogP contribution is -2.26. The molecule has 0 bridgehead atoms. The van der Waals surface area contributed by atoms with E-state index >= 15 is 0 Å². The maximum Gasteiger partial charge on any atom is 0.327 e. The molecule has 0 aromatic carbocycles. The molecule has 52 valence electrons. The third-order valence-electron chi connectivity index (χ3n) is 1.91. The zero-order chi connectivity index (χ0) is 7.07. The standard InChI is InChI=1S/C6H11NO2/c1-4-6(2,7-4)5(8)9-3/h4,7H,1-3H3. The van der Waals surface area contributed by atoms with E-state index in [-0.39, 0.29) is 12.0 Å². The Morgan fingerprint density at radius 1 is 1.78 bits per heavy atom. The van der Waals surface area contributed by atoms with Gasteiger partial charge in [-0.1, -0.05) is 0 Å². The molecule has 1 fully saturated rings. The van der Waals surface area contributed by atoms with E-state index in [2.05, 4.69) is 10.1 Å². The van der Waals surface area contributed by atoms with Gasteiger partial charge in [0, 0.05) is 6.04 Å². The summed E-state index contributed by atoms with van der Waals surface area (Å²) in [6.07, 6.45) is 0. The first-order chi connectivity index (χ1) is 4.11. The predicted molar refractivity (Wildman–Crippen MR) is 33.0 cm³/mol. The Hall–Kier alpha value is -0.570. The molecule has 1 aliphatic rings. The van der Waals surface area contributed by atoms with Crippen molar-refractivity contribution in [2.75, 3.05) is 7.11 Å². The molecule has 1 N–H and O–H groups in total. The van der Waals surface area contributed by atoms with E-state index in [1.165, 1.54) is 7.11 Å². The number of hydrogen-bond donors (Lipinski definition) is 1. The number of carbonyl (C=O) groups is 1. The average molecular weight is 129 g/mol. The molecule has 3 heteroatoms. The predicted octanol–water partition coefficient (Wildman–Crippen LogP) is -0.0902. The minimum Gasteiger partial charge on any atom is -0.468 e. The molecule has 0 aromatic heterocycles. The van der Waals surface area contributed by atoms with Crippen molar-refractivity contribution in [1.82, 2.24) is 5.32 Å². The lowest BCUT2D eigenvalue weighted by molar-refractivity contribution is -0.143. The van der Waals surface area contributed by atoms with Gasteiger partial charge in [-0.2, -0.15) is 0 Å². The molecular weight excluding hydrogens is 118 g/mol. The van der Waals surface area contributed by atoms with Crippen LogP contribution < -0.4 is 5.32 Å². The zero-order valence-corrected chi connectivity index (χ0v) is 5.89. The Bertz CT molecular complexity index is 146. The Morgan fingerprint density at radius 2 is 2.22 bits per heavy atom. The van der Waals surface area contributed by atoms with E-state index in [9.17, 15) is 4.79 Å². The summed E-state index contributed by atoms with van der Waals surface area (Å²) in [5.74, 6) is -0.171. The van der Waals surface area contributed by atoms with E-state index in [1.807, 2.05) is 13.8 Å². The topological polar surface area (TPSA) is 48.2 Å². The monoisotopic (exact) mass is 129 g/mol. The number of methoxy groups -OCH3 is 1. The SMILES string of the molecule is COC(=O)C1(C)NC1C. The number of rotatable bonds is 1. The molecule has 9 heavy (non-hydrogen) atoms. The highest BCUT2D eigenvalue weighted by Crippen LogP contribution is 2.25. The van der Waals surface area contributed by atoms with Crippen molar-refractivity contribution >= 4 is 5.97 Å². The maximum atomic E-state index is 10.8. The molecule has 0 amide bonds. The quantitative estimate of drug-likeness (QED) is 0.397. The lowest BCUT2D eigenvalue weighted by atomic mass is 10.1. The van der Waals surface area contributed by atoms with Crippen LogP contribution in [0.25, 0.3) is 0 Å². The Morgan fingerprint density at radius 3 is 2.33 bits per heavy atom. The minimum absolute atomic E-state index is 0.171. The molecular formula is C6H11NO2. The molecule has 0 radical (unpaired) electrons. The zero-order valence-electron chi connectivity index (χ0n) is 5.89. The van der Waals surface area contributed by atoms with Gasteiger partial charge in [0.05, 0.1) is 7.11 Å². The van der Waals surface area contributed by atoms with Gasteiger partial charge < -0.3 is 4.74 Å². The van der Waals surface area contributed by atoms with Gasteiger partial charge in [0.25, 0.3) is 0 Å². The average Bonchev–Trinajstić information content (AvgIpc) is 2.41. The highest BCUT2D eigenvalue weighted by Gasteiger charge is 2.53. The van der Waals surface area contributed by atoms with Crippen molar-refractivity contribution < 1.29 is 9.53 Å². The lowest BCUT2D eigenvalue weighted by Gasteiger charge is -2.02. The van der Waals surface area contributed by atoms with Crippen molar-refractivity contribution in [3.8, 4) is 0 Å². The second kappa shape index (κ2) is 1.70. The molecule has 0 aromatic rings. The summed E-state index contributed by atoms with van der Waals surface area (Å²) in [6.45, 7) is 3.79. The fourth-order valence-electron chi connectivity index (χ4n) is 0.856. The number of hydrogen-bond acceptors (Lipinski definition) is 3. The van der Waals surface area contributed by atoms with Crippen molar-refractivity contribution in [3.63, 3.8) is 0 Å². The third kappa shape index (κ3) is 0.812. The van der Waals surface area contributed by atoms with Gasteiger partial charge in [0.1, 0.15) is 5.54 Å². The highest BCUT2D eigenvalue weighted by molar-refractivity contribution is 5.85. The van der Waals surface area contributed by atoms with Crippen LogP contribution in [-0.4, -0.2) is 24.7 Å². The maximum absolute atomic E-state index is 10.8. The Kier molecular flexibility index (Phi) is 1.24. The molecule has 0 spiro atoms.